The van der Waals surface area contributed by atoms with Gasteiger partial charge in [-0.15, -0.1) is 0 Å². The van der Waals surface area contributed by atoms with Crippen molar-refractivity contribution in [3.05, 3.63) is 35.4 Å². The Hall–Kier alpha value is -0.920. The summed E-state index contributed by atoms with van der Waals surface area (Å²) in [7, 11) is 0. The van der Waals surface area contributed by atoms with Gasteiger partial charge in [-0.05, 0) is 24.5 Å². The van der Waals surface area contributed by atoms with Gasteiger partial charge >= 0.3 is 0 Å². The molecule has 90 valence electrons. The summed E-state index contributed by atoms with van der Waals surface area (Å²) in [5.41, 5.74) is 0.259. The summed E-state index contributed by atoms with van der Waals surface area (Å²) in [6.45, 7) is 4.22. The van der Waals surface area contributed by atoms with Crippen molar-refractivity contribution in [3.63, 3.8) is 0 Å². The Kier molecular flexibility index (Phi) is 5.44. The van der Waals surface area contributed by atoms with E-state index in [1.807, 2.05) is 0 Å². The average Bonchev–Trinajstić information content (AvgIpc) is 2.24. The molecule has 0 saturated carbocycles. The Morgan fingerprint density at radius 1 is 1.00 bits per heavy atom. The van der Waals surface area contributed by atoms with Crippen LogP contribution >= 0.6 is 0 Å². The molecule has 0 atom stereocenters. The summed E-state index contributed by atoms with van der Waals surface area (Å²) in [6.07, 6.45) is 4.75. The molecule has 0 bridgehead atoms. The van der Waals surface area contributed by atoms with Crippen LogP contribution in [0.3, 0.4) is 0 Å². The van der Waals surface area contributed by atoms with Crippen LogP contribution < -0.4 is 0 Å². The number of halogens is 2. The molecule has 0 unspecified atom stereocenters. The average molecular weight is 226 g/mol. The predicted octanol–water partition coefficient (Wildman–Crippen LogP) is 4.72. The fraction of sp³-hybridized carbons (Fsp3) is 0.571. The summed E-state index contributed by atoms with van der Waals surface area (Å²) in [5, 5.41) is 0. The molecule has 16 heavy (non-hydrogen) atoms. The Bertz CT molecular complexity index is 294. The molecule has 0 saturated heterocycles. The standard InChI is InChI=1S/C14H20F2/c1-3-6-11(7-4-2)10-12-13(15)8-5-9-14(12)16/h5,8-9,11H,3-4,6-7,10H2,1-2H3. The molecule has 0 N–H and O–H groups in total. The van der Waals surface area contributed by atoms with Crippen molar-refractivity contribution in [3.8, 4) is 0 Å². The van der Waals surface area contributed by atoms with Crippen molar-refractivity contribution in [1.29, 1.82) is 0 Å². The third kappa shape index (κ3) is 3.58. The fourth-order valence-electron chi connectivity index (χ4n) is 2.18. The van der Waals surface area contributed by atoms with E-state index in [4.69, 9.17) is 0 Å². The van der Waals surface area contributed by atoms with E-state index < -0.39 is 11.6 Å². The first-order chi connectivity index (χ1) is 7.69. The molecule has 0 fully saturated rings. The van der Waals surface area contributed by atoms with Crippen LogP contribution in [-0.4, -0.2) is 0 Å². The molecule has 0 aromatic heterocycles. The lowest BCUT2D eigenvalue weighted by Gasteiger charge is -2.16. The minimum Gasteiger partial charge on any atom is -0.207 e. The fourth-order valence-corrected chi connectivity index (χ4v) is 2.18. The summed E-state index contributed by atoms with van der Waals surface area (Å²) < 4.78 is 26.9. The highest BCUT2D eigenvalue weighted by atomic mass is 19.1. The molecule has 0 aliphatic heterocycles. The lowest BCUT2D eigenvalue weighted by Crippen LogP contribution is -2.07. The maximum atomic E-state index is 13.5. The van der Waals surface area contributed by atoms with E-state index in [9.17, 15) is 8.78 Å². The maximum Gasteiger partial charge on any atom is 0.129 e. The van der Waals surface area contributed by atoms with Crippen LogP contribution in [0.5, 0.6) is 0 Å². The smallest absolute Gasteiger partial charge is 0.129 e. The quantitative estimate of drug-likeness (QED) is 0.658. The van der Waals surface area contributed by atoms with Crippen molar-refractivity contribution in [2.45, 2.75) is 46.0 Å². The molecular formula is C14H20F2. The second-order valence-electron chi connectivity index (χ2n) is 4.35. The van der Waals surface area contributed by atoms with Gasteiger partial charge in [-0.1, -0.05) is 45.6 Å². The second-order valence-corrected chi connectivity index (χ2v) is 4.35. The number of benzene rings is 1. The molecule has 0 nitrogen and oxygen atoms in total. The van der Waals surface area contributed by atoms with E-state index in [0.29, 0.717) is 12.3 Å². The largest absolute Gasteiger partial charge is 0.207 e. The molecule has 0 heterocycles. The summed E-state index contributed by atoms with van der Waals surface area (Å²) in [5.74, 6) is -0.407. The Labute approximate surface area is 96.7 Å². The number of hydrogen-bond donors (Lipinski definition) is 0. The van der Waals surface area contributed by atoms with Gasteiger partial charge < -0.3 is 0 Å². The maximum absolute atomic E-state index is 13.5. The van der Waals surface area contributed by atoms with Gasteiger partial charge in [0.05, 0.1) is 0 Å². The highest BCUT2D eigenvalue weighted by molar-refractivity contribution is 5.20. The molecule has 0 spiro atoms. The van der Waals surface area contributed by atoms with Crippen LogP contribution in [0, 0.1) is 17.6 Å². The monoisotopic (exact) mass is 226 g/mol. The second kappa shape index (κ2) is 6.62. The van der Waals surface area contributed by atoms with Gasteiger partial charge in [-0.25, -0.2) is 8.78 Å². The van der Waals surface area contributed by atoms with Crippen LogP contribution in [0.4, 0.5) is 8.78 Å². The normalized spacial score (nSPS) is 11.1. The van der Waals surface area contributed by atoms with Gasteiger partial charge in [0, 0.05) is 5.56 Å². The molecule has 0 radical (unpaired) electrons. The van der Waals surface area contributed by atoms with Crippen molar-refractivity contribution < 1.29 is 8.78 Å². The molecular weight excluding hydrogens is 206 g/mol. The van der Waals surface area contributed by atoms with E-state index in [2.05, 4.69) is 13.8 Å². The third-order valence-electron chi connectivity index (χ3n) is 2.95. The van der Waals surface area contributed by atoms with Crippen LogP contribution in [0.2, 0.25) is 0 Å². The third-order valence-corrected chi connectivity index (χ3v) is 2.95. The van der Waals surface area contributed by atoms with E-state index in [1.54, 1.807) is 0 Å². The molecule has 1 aromatic rings. The Morgan fingerprint density at radius 2 is 1.50 bits per heavy atom. The van der Waals surface area contributed by atoms with Crippen molar-refractivity contribution in [2.24, 2.45) is 5.92 Å². The van der Waals surface area contributed by atoms with E-state index in [-0.39, 0.29) is 5.56 Å². The van der Waals surface area contributed by atoms with E-state index in [1.165, 1.54) is 18.2 Å². The SMILES string of the molecule is CCCC(CCC)Cc1c(F)cccc1F. The molecule has 0 aliphatic rings. The zero-order valence-corrected chi connectivity index (χ0v) is 10.1. The molecule has 0 amide bonds. The zero-order chi connectivity index (χ0) is 12.0. The van der Waals surface area contributed by atoms with Gasteiger partial charge in [0.2, 0.25) is 0 Å². The van der Waals surface area contributed by atoms with E-state index in [0.717, 1.165) is 25.7 Å². The molecule has 2 heteroatoms. The van der Waals surface area contributed by atoms with Gasteiger partial charge in [0.15, 0.2) is 0 Å². The van der Waals surface area contributed by atoms with Crippen molar-refractivity contribution in [1.82, 2.24) is 0 Å². The van der Waals surface area contributed by atoms with Gasteiger partial charge in [0.25, 0.3) is 0 Å². The topological polar surface area (TPSA) is 0 Å². The molecule has 0 aliphatic carbocycles. The first-order valence-corrected chi connectivity index (χ1v) is 6.11. The summed E-state index contributed by atoms with van der Waals surface area (Å²) >= 11 is 0. The lowest BCUT2D eigenvalue weighted by atomic mass is 9.91. The first kappa shape index (κ1) is 13.1. The Balaban J connectivity index is 2.76. The van der Waals surface area contributed by atoms with Gasteiger partial charge in [0.1, 0.15) is 11.6 Å². The zero-order valence-electron chi connectivity index (χ0n) is 10.1. The minimum atomic E-state index is -0.405. The van der Waals surface area contributed by atoms with Crippen molar-refractivity contribution >= 4 is 0 Å². The summed E-state index contributed by atoms with van der Waals surface area (Å²) in [6, 6.07) is 4.10. The summed E-state index contributed by atoms with van der Waals surface area (Å²) in [4.78, 5) is 0. The Morgan fingerprint density at radius 3 is 1.94 bits per heavy atom. The molecule has 1 aromatic carbocycles. The highest BCUT2D eigenvalue weighted by Gasteiger charge is 2.14. The van der Waals surface area contributed by atoms with Crippen molar-refractivity contribution in [2.75, 3.05) is 0 Å². The van der Waals surface area contributed by atoms with Crippen LogP contribution in [-0.2, 0) is 6.42 Å². The highest BCUT2D eigenvalue weighted by Crippen LogP contribution is 2.22. The van der Waals surface area contributed by atoms with Crippen LogP contribution in [0.1, 0.15) is 45.1 Å². The number of rotatable bonds is 6. The predicted molar refractivity (Wildman–Crippen MR) is 63.4 cm³/mol. The lowest BCUT2D eigenvalue weighted by molar-refractivity contribution is 0.419. The first-order valence-electron chi connectivity index (χ1n) is 6.11. The van der Waals surface area contributed by atoms with Gasteiger partial charge in [-0.2, -0.15) is 0 Å². The van der Waals surface area contributed by atoms with Crippen LogP contribution in [0.15, 0.2) is 18.2 Å². The van der Waals surface area contributed by atoms with E-state index >= 15 is 0 Å². The number of hydrogen-bond acceptors (Lipinski definition) is 0. The molecule has 1 rings (SSSR count). The van der Waals surface area contributed by atoms with Gasteiger partial charge in [-0.3, -0.25) is 0 Å². The van der Waals surface area contributed by atoms with Crippen LogP contribution in [0.25, 0.3) is 0 Å². The minimum absolute atomic E-state index is 0.259.